The van der Waals surface area contributed by atoms with Crippen LogP contribution in [0.5, 0.6) is 0 Å². The van der Waals surface area contributed by atoms with Crippen LogP contribution >= 0.6 is 15.9 Å². The van der Waals surface area contributed by atoms with E-state index >= 15 is 0 Å². The molecule has 1 saturated carbocycles. The fraction of sp³-hybridized carbons (Fsp3) is 0.667. The first-order valence-electron chi connectivity index (χ1n) is 6.06. The van der Waals surface area contributed by atoms with Gasteiger partial charge < -0.3 is 5.73 Å². The van der Waals surface area contributed by atoms with Crippen LogP contribution in [-0.2, 0) is 6.54 Å². The van der Waals surface area contributed by atoms with Crippen LogP contribution in [0, 0.1) is 5.41 Å². The topological polar surface area (TPSA) is 60.9 Å². The highest BCUT2D eigenvalue weighted by Crippen LogP contribution is 2.43. The Balaban J connectivity index is 2.16. The third kappa shape index (κ3) is 2.31. The van der Waals surface area contributed by atoms with Crippen molar-refractivity contribution in [2.75, 3.05) is 6.54 Å². The molecular weight excluding hydrogens is 282 g/mol. The van der Waals surface area contributed by atoms with Crippen LogP contribution in [-0.4, -0.2) is 22.1 Å². The zero-order chi connectivity index (χ0) is 12.5. The largest absolute Gasteiger partial charge is 0.330 e. The van der Waals surface area contributed by atoms with Crippen molar-refractivity contribution in [3.8, 4) is 0 Å². The molecule has 0 radical (unpaired) electrons. The molecule has 0 unspecified atom stereocenters. The molecule has 0 aromatic carbocycles. The fourth-order valence-electron chi connectivity index (χ4n) is 2.43. The van der Waals surface area contributed by atoms with E-state index in [1.807, 2.05) is 6.92 Å². The number of nitrogens with zero attached hydrogens (tertiary/aromatic N) is 2. The molecule has 94 valence electrons. The summed E-state index contributed by atoms with van der Waals surface area (Å²) < 4.78 is 2.53. The zero-order valence-electron chi connectivity index (χ0n) is 10.1. The Hall–Kier alpha value is -0.680. The number of halogens is 1. The summed E-state index contributed by atoms with van der Waals surface area (Å²) in [6, 6.07) is 0. The molecule has 1 aliphatic rings. The molecule has 2 rings (SSSR count). The zero-order valence-corrected chi connectivity index (χ0v) is 11.7. The van der Waals surface area contributed by atoms with Crippen molar-refractivity contribution in [2.45, 2.75) is 39.2 Å². The van der Waals surface area contributed by atoms with E-state index in [1.54, 1.807) is 10.9 Å². The van der Waals surface area contributed by atoms with Crippen LogP contribution < -0.4 is 5.73 Å². The smallest absolute Gasteiger partial charge is 0.182 e. The lowest BCUT2D eigenvalue weighted by molar-refractivity contribution is 0.0775. The van der Waals surface area contributed by atoms with E-state index in [9.17, 15) is 4.79 Å². The van der Waals surface area contributed by atoms with Crippen LogP contribution in [0.2, 0.25) is 0 Å². The number of rotatable bonds is 5. The number of hydrogen-bond donors (Lipinski definition) is 1. The van der Waals surface area contributed by atoms with Gasteiger partial charge in [-0.3, -0.25) is 9.48 Å². The lowest BCUT2D eigenvalue weighted by Crippen LogP contribution is -2.39. The van der Waals surface area contributed by atoms with Crippen LogP contribution in [0.25, 0.3) is 0 Å². The van der Waals surface area contributed by atoms with Crippen molar-refractivity contribution in [3.05, 3.63) is 16.4 Å². The number of hydrogen-bond acceptors (Lipinski definition) is 3. The maximum Gasteiger partial charge on any atom is 0.182 e. The lowest BCUT2D eigenvalue weighted by atomic mass is 9.66. The molecule has 4 nitrogen and oxygen atoms in total. The molecule has 5 heteroatoms. The van der Waals surface area contributed by atoms with Gasteiger partial charge in [0.2, 0.25) is 0 Å². The minimum atomic E-state index is 0.0549. The quantitative estimate of drug-likeness (QED) is 0.849. The predicted molar refractivity (Wildman–Crippen MR) is 69.9 cm³/mol. The Kier molecular flexibility index (Phi) is 3.68. The molecule has 0 amide bonds. The van der Waals surface area contributed by atoms with Gasteiger partial charge in [-0.1, -0.05) is 6.42 Å². The molecule has 0 aliphatic heterocycles. The van der Waals surface area contributed by atoms with Gasteiger partial charge in [0.05, 0.1) is 10.7 Å². The summed E-state index contributed by atoms with van der Waals surface area (Å²) in [6.07, 6.45) is 5.58. The first kappa shape index (κ1) is 12.8. The van der Waals surface area contributed by atoms with E-state index in [2.05, 4.69) is 21.0 Å². The normalized spacial score (nSPS) is 17.8. The monoisotopic (exact) mass is 299 g/mol. The Morgan fingerprint density at radius 3 is 2.82 bits per heavy atom. The molecule has 1 aromatic rings. The SMILES string of the molecule is CCn1ncc(Br)c1C(=O)CC1(CN)CCC1. The third-order valence-electron chi connectivity index (χ3n) is 3.74. The van der Waals surface area contributed by atoms with Crippen molar-refractivity contribution in [3.63, 3.8) is 0 Å². The van der Waals surface area contributed by atoms with E-state index in [4.69, 9.17) is 5.73 Å². The molecule has 2 N–H and O–H groups in total. The number of carbonyl (C=O) groups excluding carboxylic acids is 1. The van der Waals surface area contributed by atoms with E-state index < -0.39 is 0 Å². The molecular formula is C12H18BrN3O. The molecule has 0 bridgehead atoms. The van der Waals surface area contributed by atoms with Crippen LogP contribution in [0.15, 0.2) is 10.7 Å². The van der Waals surface area contributed by atoms with Gasteiger partial charge in [0, 0.05) is 13.0 Å². The van der Waals surface area contributed by atoms with Crippen LogP contribution in [0.3, 0.4) is 0 Å². The number of aryl methyl sites for hydroxylation is 1. The summed E-state index contributed by atoms with van der Waals surface area (Å²) >= 11 is 3.39. The minimum Gasteiger partial charge on any atom is -0.330 e. The first-order valence-corrected chi connectivity index (χ1v) is 6.86. The highest BCUT2D eigenvalue weighted by atomic mass is 79.9. The van der Waals surface area contributed by atoms with Gasteiger partial charge in [-0.2, -0.15) is 5.10 Å². The molecule has 0 atom stereocenters. The second-order valence-electron chi connectivity index (χ2n) is 4.81. The number of carbonyl (C=O) groups is 1. The summed E-state index contributed by atoms with van der Waals surface area (Å²) in [5, 5.41) is 4.17. The van der Waals surface area contributed by atoms with Gasteiger partial charge in [-0.25, -0.2) is 0 Å². The second kappa shape index (κ2) is 4.90. The maximum atomic E-state index is 12.3. The first-order chi connectivity index (χ1) is 8.12. The molecule has 0 saturated heterocycles. The van der Waals surface area contributed by atoms with E-state index in [0.717, 1.165) is 17.3 Å². The summed E-state index contributed by atoms with van der Waals surface area (Å²) in [4.78, 5) is 12.3. The summed E-state index contributed by atoms with van der Waals surface area (Å²) in [5.74, 6) is 0.154. The highest BCUT2D eigenvalue weighted by Gasteiger charge is 2.38. The molecule has 1 aromatic heterocycles. The fourth-order valence-corrected chi connectivity index (χ4v) is 2.95. The number of ketones is 1. The Bertz CT molecular complexity index is 418. The number of nitrogens with two attached hydrogens (primary N) is 1. The van der Waals surface area contributed by atoms with E-state index in [0.29, 0.717) is 25.2 Å². The predicted octanol–water partition coefficient (Wildman–Crippen LogP) is 2.37. The van der Waals surface area contributed by atoms with Gasteiger partial charge in [0.25, 0.3) is 0 Å². The van der Waals surface area contributed by atoms with Crippen LogP contribution in [0.4, 0.5) is 0 Å². The van der Waals surface area contributed by atoms with Gasteiger partial charge in [0.15, 0.2) is 5.78 Å². The highest BCUT2D eigenvalue weighted by molar-refractivity contribution is 9.10. The summed E-state index contributed by atoms with van der Waals surface area (Å²) in [5.41, 5.74) is 6.53. The minimum absolute atomic E-state index is 0.0549. The lowest BCUT2D eigenvalue weighted by Gasteiger charge is -2.40. The van der Waals surface area contributed by atoms with Gasteiger partial charge in [-0.15, -0.1) is 0 Å². The van der Waals surface area contributed by atoms with Crippen molar-refractivity contribution in [1.82, 2.24) is 9.78 Å². The molecule has 0 spiro atoms. The number of Topliss-reactive ketones (excluding diaryl/α,β-unsaturated/α-hetero) is 1. The second-order valence-corrected chi connectivity index (χ2v) is 5.67. The Labute approximate surface area is 110 Å². The summed E-state index contributed by atoms with van der Waals surface area (Å²) in [6.45, 7) is 3.30. The van der Waals surface area contributed by atoms with Gasteiger partial charge in [-0.05, 0) is 47.7 Å². The summed E-state index contributed by atoms with van der Waals surface area (Å²) in [7, 11) is 0. The average molecular weight is 300 g/mol. The van der Waals surface area contributed by atoms with Gasteiger partial charge in [0.1, 0.15) is 5.69 Å². The van der Waals surface area contributed by atoms with Gasteiger partial charge >= 0.3 is 0 Å². The van der Waals surface area contributed by atoms with E-state index in [1.165, 1.54) is 6.42 Å². The van der Waals surface area contributed by atoms with Crippen molar-refractivity contribution in [2.24, 2.45) is 11.1 Å². The van der Waals surface area contributed by atoms with Crippen molar-refractivity contribution in [1.29, 1.82) is 0 Å². The average Bonchev–Trinajstić information content (AvgIpc) is 2.64. The molecule has 1 aliphatic carbocycles. The molecule has 1 fully saturated rings. The van der Waals surface area contributed by atoms with E-state index in [-0.39, 0.29) is 11.2 Å². The standard InChI is InChI=1S/C12H18BrN3O/c1-2-16-11(9(13)7-15-16)10(17)6-12(8-14)4-3-5-12/h7H,2-6,8,14H2,1H3. The van der Waals surface area contributed by atoms with Crippen LogP contribution in [0.1, 0.15) is 43.1 Å². The van der Waals surface area contributed by atoms with Crippen molar-refractivity contribution >= 4 is 21.7 Å². The Morgan fingerprint density at radius 1 is 1.65 bits per heavy atom. The third-order valence-corrected chi connectivity index (χ3v) is 4.32. The van der Waals surface area contributed by atoms with Crippen molar-refractivity contribution < 1.29 is 4.79 Å². The Morgan fingerprint density at radius 2 is 2.35 bits per heavy atom. The number of aromatic nitrogens is 2. The maximum absolute atomic E-state index is 12.3. The molecule has 17 heavy (non-hydrogen) atoms. The molecule has 1 heterocycles.